The summed E-state index contributed by atoms with van der Waals surface area (Å²) in [7, 11) is 1.30. The molecular formula is C23H24N4O3S2. The van der Waals surface area contributed by atoms with Crippen LogP contribution in [0.5, 0.6) is 0 Å². The minimum atomic E-state index is -0.503. The molecule has 0 fully saturated rings. The number of amides is 1. The number of hydrogen-bond acceptors (Lipinski definition) is 7. The molecular weight excluding hydrogens is 444 g/mol. The lowest BCUT2D eigenvalue weighted by Gasteiger charge is -2.10. The summed E-state index contributed by atoms with van der Waals surface area (Å²) >= 11 is 3.04. The van der Waals surface area contributed by atoms with Crippen molar-refractivity contribution in [2.75, 3.05) is 18.2 Å². The van der Waals surface area contributed by atoms with Crippen molar-refractivity contribution in [2.24, 2.45) is 0 Å². The van der Waals surface area contributed by atoms with E-state index in [1.165, 1.54) is 24.4 Å². The lowest BCUT2D eigenvalue weighted by atomic mass is 10.2. The molecule has 7 nitrogen and oxygen atoms in total. The zero-order valence-corrected chi connectivity index (χ0v) is 19.3. The first kappa shape index (κ1) is 23.6. The molecule has 9 heteroatoms. The van der Waals surface area contributed by atoms with Crippen molar-refractivity contribution in [1.82, 2.24) is 14.8 Å². The van der Waals surface area contributed by atoms with E-state index < -0.39 is 5.97 Å². The van der Waals surface area contributed by atoms with Crippen molar-refractivity contribution in [2.45, 2.75) is 23.2 Å². The third-order valence-electron chi connectivity index (χ3n) is 4.39. The van der Waals surface area contributed by atoms with Crippen molar-refractivity contribution < 1.29 is 14.3 Å². The van der Waals surface area contributed by atoms with Crippen LogP contribution in [0.1, 0.15) is 21.7 Å². The fraction of sp³-hybridized carbons (Fsp3) is 0.217. The highest BCUT2D eigenvalue weighted by Crippen LogP contribution is 2.23. The molecule has 0 aliphatic rings. The third-order valence-corrected chi connectivity index (χ3v) is 6.35. The summed E-state index contributed by atoms with van der Waals surface area (Å²) in [6.07, 6.45) is 1.78. The van der Waals surface area contributed by atoms with Gasteiger partial charge >= 0.3 is 5.97 Å². The van der Waals surface area contributed by atoms with Crippen LogP contribution in [0.3, 0.4) is 0 Å². The van der Waals surface area contributed by atoms with Crippen LogP contribution in [0, 0.1) is 0 Å². The molecule has 0 saturated heterocycles. The molecule has 1 N–H and O–H groups in total. The van der Waals surface area contributed by atoms with E-state index in [1.807, 2.05) is 22.8 Å². The third kappa shape index (κ3) is 6.48. The van der Waals surface area contributed by atoms with Crippen LogP contribution in [0.2, 0.25) is 0 Å². The van der Waals surface area contributed by atoms with Gasteiger partial charge in [0.1, 0.15) is 5.82 Å². The lowest BCUT2D eigenvalue weighted by molar-refractivity contribution is -0.113. The van der Waals surface area contributed by atoms with Crippen LogP contribution in [-0.2, 0) is 27.6 Å². The summed E-state index contributed by atoms with van der Waals surface area (Å²) in [5, 5.41) is 12.0. The number of allylic oxidation sites excluding steroid dienone is 1. The second kappa shape index (κ2) is 12.1. The van der Waals surface area contributed by atoms with Gasteiger partial charge in [-0.05, 0) is 17.7 Å². The second-order valence-electron chi connectivity index (χ2n) is 6.65. The summed E-state index contributed by atoms with van der Waals surface area (Å²) < 4.78 is 6.73. The fourth-order valence-corrected chi connectivity index (χ4v) is 4.57. The number of benzene rings is 2. The van der Waals surface area contributed by atoms with E-state index in [4.69, 9.17) is 4.74 Å². The Morgan fingerprint density at radius 1 is 1.09 bits per heavy atom. The molecule has 0 saturated carbocycles. The van der Waals surface area contributed by atoms with Crippen molar-refractivity contribution in [3.05, 3.63) is 84.2 Å². The molecule has 0 radical (unpaired) electrons. The number of carbonyl (C=O) groups is 2. The molecule has 3 aromatic rings. The molecule has 0 aliphatic carbocycles. The monoisotopic (exact) mass is 468 g/mol. The highest BCUT2D eigenvalue weighted by molar-refractivity contribution is 7.99. The summed E-state index contributed by atoms with van der Waals surface area (Å²) in [6, 6.07) is 17.0. The number of ether oxygens (including phenoxy) is 1. The molecule has 3 rings (SSSR count). The van der Waals surface area contributed by atoms with Gasteiger partial charge in [-0.3, -0.25) is 4.79 Å². The van der Waals surface area contributed by atoms with E-state index in [0.717, 1.165) is 11.6 Å². The standard InChI is InChI=1S/C23H24N4O3S2/c1-3-13-27-20(15-31-14-17-9-5-4-6-10-17)25-26-23(27)32-16-21(28)24-19-12-8-7-11-18(19)22(29)30-2/h3-12H,1,13-16H2,2H3,(H,24,28). The van der Waals surface area contributed by atoms with E-state index in [9.17, 15) is 9.59 Å². The molecule has 0 unspecified atom stereocenters. The Bertz CT molecular complexity index is 1070. The van der Waals surface area contributed by atoms with E-state index in [-0.39, 0.29) is 11.7 Å². The maximum atomic E-state index is 12.5. The number of thioether (sulfide) groups is 2. The quantitative estimate of drug-likeness (QED) is 0.253. The molecule has 1 aromatic heterocycles. The predicted octanol–water partition coefficient (Wildman–Crippen LogP) is 4.41. The van der Waals surface area contributed by atoms with E-state index in [0.29, 0.717) is 28.7 Å². The number of carbonyl (C=O) groups excluding carboxylic acids is 2. The van der Waals surface area contributed by atoms with Gasteiger partial charge in [0.05, 0.1) is 29.9 Å². The lowest BCUT2D eigenvalue weighted by Crippen LogP contribution is -2.17. The summed E-state index contributed by atoms with van der Waals surface area (Å²) in [5.74, 6) is 1.80. The maximum Gasteiger partial charge on any atom is 0.339 e. The highest BCUT2D eigenvalue weighted by atomic mass is 32.2. The van der Waals surface area contributed by atoms with E-state index >= 15 is 0 Å². The average Bonchev–Trinajstić information content (AvgIpc) is 3.20. The van der Waals surface area contributed by atoms with Gasteiger partial charge < -0.3 is 14.6 Å². The van der Waals surface area contributed by atoms with Gasteiger partial charge in [-0.1, -0.05) is 60.3 Å². The molecule has 0 aliphatic heterocycles. The van der Waals surface area contributed by atoms with Gasteiger partial charge in [-0.25, -0.2) is 4.79 Å². The van der Waals surface area contributed by atoms with Crippen molar-refractivity contribution >= 4 is 41.1 Å². The largest absolute Gasteiger partial charge is 0.465 e. The van der Waals surface area contributed by atoms with Crippen LogP contribution in [0.15, 0.2) is 72.4 Å². The van der Waals surface area contributed by atoms with Crippen LogP contribution >= 0.6 is 23.5 Å². The summed E-state index contributed by atoms with van der Waals surface area (Å²) in [4.78, 5) is 24.4. The highest BCUT2D eigenvalue weighted by Gasteiger charge is 2.16. The Morgan fingerprint density at radius 2 is 1.84 bits per heavy atom. The van der Waals surface area contributed by atoms with Gasteiger partial charge in [0.25, 0.3) is 0 Å². The first-order valence-corrected chi connectivity index (χ1v) is 12.0. The first-order chi connectivity index (χ1) is 15.6. The zero-order valence-electron chi connectivity index (χ0n) is 17.7. The molecule has 0 spiro atoms. The normalized spacial score (nSPS) is 10.5. The Balaban J connectivity index is 1.59. The zero-order chi connectivity index (χ0) is 22.8. The maximum absolute atomic E-state index is 12.5. The van der Waals surface area contributed by atoms with Crippen molar-refractivity contribution in [3.63, 3.8) is 0 Å². The van der Waals surface area contributed by atoms with Crippen molar-refractivity contribution in [3.8, 4) is 0 Å². The molecule has 0 bridgehead atoms. The molecule has 1 amide bonds. The predicted molar refractivity (Wildman–Crippen MR) is 129 cm³/mol. The minimum Gasteiger partial charge on any atom is -0.465 e. The summed E-state index contributed by atoms with van der Waals surface area (Å²) in [5.41, 5.74) is 1.97. The Hall–Kier alpha value is -3.04. The van der Waals surface area contributed by atoms with Gasteiger partial charge in [0.2, 0.25) is 5.91 Å². The molecule has 32 heavy (non-hydrogen) atoms. The number of hydrogen-bond donors (Lipinski definition) is 1. The summed E-state index contributed by atoms with van der Waals surface area (Å²) in [6.45, 7) is 4.37. The van der Waals surface area contributed by atoms with Gasteiger partial charge in [0, 0.05) is 12.3 Å². The number of anilines is 1. The topological polar surface area (TPSA) is 86.1 Å². The molecule has 2 aromatic carbocycles. The number of rotatable bonds is 11. The van der Waals surface area contributed by atoms with E-state index in [2.05, 4.69) is 34.2 Å². The van der Waals surface area contributed by atoms with Gasteiger partial charge in [0.15, 0.2) is 5.16 Å². The second-order valence-corrected chi connectivity index (χ2v) is 8.58. The minimum absolute atomic E-state index is 0.127. The Kier molecular flexibility index (Phi) is 8.94. The SMILES string of the molecule is C=CCn1c(CSCc2ccccc2)nnc1SCC(=O)Nc1ccccc1C(=O)OC. The van der Waals surface area contributed by atoms with Crippen LogP contribution < -0.4 is 5.32 Å². The Morgan fingerprint density at radius 3 is 2.59 bits per heavy atom. The number of aromatic nitrogens is 3. The fourth-order valence-electron chi connectivity index (χ4n) is 2.88. The first-order valence-electron chi connectivity index (χ1n) is 9.87. The van der Waals surface area contributed by atoms with Crippen LogP contribution in [-0.4, -0.2) is 39.5 Å². The van der Waals surface area contributed by atoms with Crippen LogP contribution in [0.4, 0.5) is 5.69 Å². The Labute approximate surface area is 195 Å². The van der Waals surface area contributed by atoms with Crippen molar-refractivity contribution in [1.29, 1.82) is 0 Å². The average molecular weight is 469 g/mol. The van der Waals surface area contributed by atoms with E-state index in [1.54, 1.807) is 42.1 Å². The number of para-hydroxylation sites is 1. The number of nitrogens with one attached hydrogen (secondary N) is 1. The molecule has 1 heterocycles. The number of nitrogens with zero attached hydrogens (tertiary/aromatic N) is 3. The number of esters is 1. The molecule has 166 valence electrons. The smallest absolute Gasteiger partial charge is 0.339 e. The van der Waals surface area contributed by atoms with Crippen LogP contribution in [0.25, 0.3) is 0 Å². The van der Waals surface area contributed by atoms with Gasteiger partial charge in [-0.15, -0.1) is 28.5 Å². The molecule has 0 atom stereocenters. The van der Waals surface area contributed by atoms with Gasteiger partial charge in [-0.2, -0.15) is 0 Å². The number of methoxy groups -OCH3 is 1.